The minimum absolute atomic E-state index is 0.165. The Morgan fingerprint density at radius 3 is 2.64 bits per heavy atom. The van der Waals surface area contributed by atoms with Crippen LogP contribution in [0.4, 0.5) is 0 Å². The van der Waals surface area contributed by atoms with Crippen LogP contribution in [0.2, 0.25) is 0 Å². The Hall–Kier alpha value is -0.590. The fourth-order valence-corrected chi connectivity index (χ4v) is 1.43. The number of aldehydes is 1. The monoisotopic (exact) mass is 152 g/mol. The second-order valence-electron chi connectivity index (χ2n) is 4.12. The molecule has 0 aromatic heterocycles. The first-order chi connectivity index (χ1) is 5.06. The summed E-state index contributed by atoms with van der Waals surface area (Å²) in [5.41, 5.74) is 0.277. The standard InChI is InChI=1S/C10H16O/c1-8-6-9(7-11)4-5-10(8,2)3/h4-5,7-9H,6H2,1-3H3. The molecule has 0 saturated carbocycles. The molecule has 0 aromatic carbocycles. The van der Waals surface area contributed by atoms with E-state index in [0.29, 0.717) is 5.92 Å². The molecule has 0 bridgehead atoms. The lowest BCUT2D eigenvalue weighted by molar-refractivity contribution is -0.110. The van der Waals surface area contributed by atoms with Gasteiger partial charge in [0.1, 0.15) is 6.29 Å². The first kappa shape index (κ1) is 8.51. The highest BCUT2D eigenvalue weighted by molar-refractivity contribution is 5.57. The molecule has 2 unspecified atom stereocenters. The molecule has 1 aliphatic rings. The van der Waals surface area contributed by atoms with Crippen molar-refractivity contribution < 1.29 is 4.79 Å². The lowest BCUT2D eigenvalue weighted by Gasteiger charge is -2.33. The van der Waals surface area contributed by atoms with E-state index in [2.05, 4.69) is 26.8 Å². The zero-order chi connectivity index (χ0) is 8.48. The maximum atomic E-state index is 10.5. The molecule has 0 saturated heterocycles. The topological polar surface area (TPSA) is 17.1 Å². The van der Waals surface area contributed by atoms with Gasteiger partial charge in [-0.2, -0.15) is 0 Å². The van der Waals surface area contributed by atoms with Crippen LogP contribution in [0.15, 0.2) is 12.2 Å². The largest absolute Gasteiger partial charge is 0.303 e. The Kier molecular flexibility index (Phi) is 2.17. The van der Waals surface area contributed by atoms with E-state index in [0.717, 1.165) is 12.7 Å². The predicted octanol–water partition coefficient (Wildman–Crippen LogP) is 2.42. The van der Waals surface area contributed by atoms with Crippen molar-refractivity contribution in [1.29, 1.82) is 0 Å². The quantitative estimate of drug-likeness (QED) is 0.416. The van der Waals surface area contributed by atoms with Gasteiger partial charge in [-0.1, -0.05) is 32.9 Å². The number of hydrogen-bond donors (Lipinski definition) is 0. The molecule has 0 radical (unpaired) electrons. The average Bonchev–Trinajstić information content (AvgIpc) is 1.95. The summed E-state index contributed by atoms with van der Waals surface area (Å²) in [6.07, 6.45) is 6.25. The third kappa shape index (κ3) is 1.70. The second kappa shape index (κ2) is 2.80. The Balaban J connectivity index is 2.74. The summed E-state index contributed by atoms with van der Waals surface area (Å²) in [7, 11) is 0. The van der Waals surface area contributed by atoms with Gasteiger partial charge in [-0.25, -0.2) is 0 Å². The first-order valence-electron chi connectivity index (χ1n) is 4.21. The molecule has 1 nitrogen and oxygen atoms in total. The van der Waals surface area contributed by atoms with Gasteiger partial charge in [0, 0.05) is 5.92 Å². The highest BCUT2D eigenvalue weighted by Gasteiger charge is 2.28. The molecule has 0 aromatic rings. The van der Waals surface area contributed by atoms with E-state index in [1.54, 1.807) is 0 Å². The van der Waals surface area contributed by atoms with Crippen LogP contribution in [0, 0.1) is 17.3 Å². The molecular formula is C10H16O. The molecule has 11 heavy (non-hydrogen) atoms. The molecule has 0 amide bonds. The van der Waals surface area contributed by atoms with Crippen molar-refractivity contribution in [2.24, 2.45) is 17.3 Å². The Morgan fingerprint density at radius 1 is 1.55 bits per heavy atom. The fourth-order valence-electron chi connectivity index (χ4n) is 1.43. The summed E-state index contributed by atoms with van der Waals surface area (Å²) in [6.45, 7) is 6.64. The van der Waals surface area contributed by atoms with Crippen LogP contribution in [0.3, 0.4) is 0 Å². The summed E-state index contributed by atoms with van der Waals surface area (Å²) in [5.74, 6) is 0.778. The minimum Gasteiger partial charge on any atom is -0.303 e. The average molecular weight is 152 g/mol. The van der Waals surface area contributed by atoms with Gasteiger partial charge in [0.25, 0.3) is 0 Å². The van der Waals surface area contributed by atoms with Crippen LogP contribution in [-0.4, -0.2) is 6.29 Å². The summed E-state index contributed by atoms with van der Waals surface area (Å²) in [4.78, 5) is 10.5. The zero-order valence-electron chi connectivity index (χ0n) is 7.50. The van der Waals surface area contributed by atoms with Gasteiger partial charge in [0.05, 0.1) is 0 Å². The highest BCUT2D eigenvalue weighted by atomic mass is 16.1. The van der Waals surface area contributed by atoms with E-state index < -0.39 is 0 Å². The van der Waals surface area contributed by atoms with Gasteiger partial charge in [0.2, 0.25) is 0 Å². The van der Waals surface area contributed by atoms with Gasteiger partial charge in [-0.05, 0) is 17.8 Å². The van der Waals surface area contributed by atoms with Crippen LogP contribution in [0.5, 0.6) is 0 Å². The summed E-state index contributed by atoms with van der Waals surface area (Å²) in [6, 6.07) is 0. The van der Waals surface area contributed by atoms with E-state index >= 15 is 0 Å². The molecule has 0 N–H and O–H groups in total. The van der Waals surface area contributed by atoms with E-state index in [4.69, 9.17) is 0 Å². The third-order valence-electron chi connectivity index (χ3n) is 2.84. The van der Waals surface area contributed by atoms with Crippen LogP contribution in [-0.2, 0) is 4.79 Å². The van der Waals surface area contributed by atoms with Crippen molar-refractivity contribution in [3.05, 3.63) is 12.2 Å². The Bertz CT molecular complexity index is 179. The molecule has 0 aliphatic heterocycles. The van der Waals surface area contributed by atoms with E-state index in [-0.39, 0.29) is 11.3 Å². The Morgan fingerprint density at radius 2 is 2.18 bits per heavy atom. The number of allylic oxidation sites excluding steroid dienone is 2. The third-order valence-corrected chi connectivity index (χ3v) is 2.84. The van der Waals surface area contributed by atoms with E-state index in [9.17, 15) is 4.79 Å². The van der Waals surface area contributed by atoms with Crippen molar-refractivity contribution in [1.82, 2.24) is 0 Å². The number of rotatable bonds is 1. The number of carbonyl (C=O) groups excluding carboxylic acids is 1. The van der Waals surface area contributed by atoms with Crippen molar-refractivity contribution in [2.45, 2.75) is 27.2 Å². The lowest BCUT2D eigenvalue weighted by atomic mass is 9.71. The maximum Gasteiger partial charge on any atom is 0.126 e. The molecule has 0 heterocycles. The smallest absolute Gasteiger partial charge is 0.126 e. The Labute approximate surface area is 68.5 Å². The molecule has 1 rings (SSSR count). The second-order valence-corrected chi connectivity index (χ2v) is 4.12. The van der Waals surface area contributed by atoms with Crippen LogP contribution >= 0.6 is 0 Å². The first-order valence-corrected chi connectivity index (χ1v) is 4.21. The minimum atomic E-state index is 0.165. The molecule has 2 atom stereocenters. The van der Waals surface area contributed by atoms with Crippen molar-refractivity contribution >= 4 is 6.29 Å². The zero-order valence-corrected chi connectivity index (χ0v) is 7.50. The van der Waals surface area contributed by atoms with Gasteiger partial charge < -0.3 is 4.79 Å². The molecule has 62 valence electrons. The fraction of sp³-hybridized carbons (Fsp3) is 0.700. The summed E-state index contributed by atoms with van der Waals surface area (Å²) < 4.78 is 0. The van der Waals surface area contributed by atoms with Gasteiger partial charge in [-0.3, -0.25) is 0 Å². The molecule has 0 fully saturated rings. The number of carbonyl (C=O) groups is 1. The maximum absolute atomic E-state index is 10.5. The van der Waals surface area contributed by atoms with Crippen molar-refractivity contribution in [3.8, 4) is 0 Å². The number of hydrogen-bond acceptors (Lipinski definition) is 1. The van der Waals surface area contributed by atoms with Crippen LogP contribution < -0.4 is 0 Å². The SMILES string of the molecule is CC1CC(C=O)C=CC1(C)C. The van der Waals surface area contributed by atoms with Gasteiger partial charge in [-0.15, -0.1) is 0 Å². The van der Waals surface area contributed by atoms with Crippen molar-refractivity contribution in [2.75, 3.05) is 0 Å². The summed E-state index contributed by atoms with van der Waals surface area (Å²) >= 11 is 0. The normalized spacial score (nSPS) is 35.2. The molecule has 1 heteroatoms. The molecule has 1 aliphatic carbocycles. The summed E-state index contributed by atoms with van der Waals surface area (Å²) in [5, 5.41) is 0. The van der Waals surface area contributed by atoms with Gasteiger partial charge >= 0.3 is 0 Å². The predicted molar refractivity (Wildman–Crippen MR) is 46.3 cm³/mol. The van der Waals surface area contributed by atoms with E-state index in [1.807, 2.05) is 6.08 Å². The van der Waals surface area contributed by atoms with Crippen LogP contribution in [0.1, 0.15) is 27.2 Å². The van der Waals surface area contributed by atoms with Crippen LogP contribution in [0.25, 0.3) is 0 Å². The molecule has 0 spiro atoms. The van der Waals surface area contributed by atoms with E-state index in [1.165, 1.54) is 0 Å². The van der Waals surface area contributed by atoms with Gasteiger partial charge in [0.15, 0.2) is 0 Å². The lowest BCUT2D eigenvalue weighted by Crippen LogP contribution is -2.25. The molecular weight excluding hydrogens is 136 g/mol. The highest BCUT2D eigenvalue weighted by Crippen LogP contribution is 2.36. The van der Waals surface area contributed by atoms with Crippen molar-refractivity contribution in [3.63, 3.8) is 0 Å².